The average molecular weight is 396 g/mol. The van der Waals surface area contributed by atoms with Gasteiger partial charge in [0.15, 0.2) is 5.13 Å². The highest BCUT2D eigenvalue weighted by atomic mass is 32.2. The largest absolute Gasteiger partial charge is 0.352 e. The van der Waals surface area contributed by atoms with Gasteiger partial charge in [0.25, 0.3) is 10.0 Å². The van der Waals surface area contributed by atoms with Gasteiger partial charge in [0.1, 0.15) is 6.54 Å². The summed E-state index contributed by atoms with van der Waals surface area (Å²) in [6, 6.07) is 8.07. The molecule has 1 amide bonds. The quantitative estimate of drug-likeness (QED) is 0.707. The number of sulfonamides is 1. The molecule has 0 saturated carbocycles. The van der Waals surface area contributed by atoms with Crippen LogP contribution in [0.3, 0.4) is 0 Å². The van der Waals surface area contributed by atoms with E-state index in [2.05, 4.69) is 24.1 Å². The van der Waals surface area contributed by atoms with Crippen LogP contribution < -0.4 is 9.62 Å². The summed E-state index contributed by atoms with van der Waals surface area (Å²) in [6.07, 6.45) is 3.38. The highest BCUT2D eigenvalue weighted by molar-refractivity contribution is 7.93. The molecule has 6 nitrogen and oxygen atoms in total. The number of nitrogens with one attached hydrogen (secondary N) is 1. The van der Waals surface area contributed by atoms with Crippen molar-refractivity contribution in [2.75, 3.05) is 10.8 Å². The molecular formula is C18H25N3O3S2. The van der Waals surface area contributed by atoms with E-state index in [0.717, 1.165) is 17.1 Å². The molecule has 1 unspecified atom stereocenters. The summed E-state index contributed by atoms with van der Waals surface area (Å²) in [5.41, 5.74) is 0. The molecule has 0 aliphatic rings. The zero-order valence-corrected chi connectivity index (χ0v) is 16.9. The van der Waals surface area contributed by atoms with Crippen molar-refractivity contribution in [2.45, 2.75) is 44.6 Å². The van der Waals surface area contributed by atoms with E-state index < -0.39 is 10.0 Å². The topological polar surface area (TPSA) is 79.4 Å². The van der Waals surface area contributed by atoms with Crippen molar-refractivity contribution in [3.63, 3.8) is 0 Å². The highest BCUT2D eigenvalue weighted by Gasteiger charge is 2.29. The highest BCUT2D eigenvalue weighted by Crippen LogP contribution is 2.25. The minimum Gasteiger partial charge on any atom is -0.352 e. The van der Waals surface area contributed by atoms with E-state index in [4.69, 9.17) is 0 Å². The lowest BCUT2D eigenvalue weighted by Gasteiger charge is -2.22. The molecule has 8 heteroatoms. The predicted molar refractivity (Wildman–Crippen MR) is 105 cm³/mol. The van der Waals surface area contributed by atoms with Crippen LogP contribution in [0.5, 0.6) is 0 Å². The molecule has 0 fully saturated rings. The zero-order valence-electron chi connectivity index (χ0n) is 15.3. The van der Waals surface area contributed by atoms with E-state index in [-0.39, 0.29) is 28.5 Å². The number of hydrogen-bond acceptors (Lipinski definition) is 5. The first-order chi connectivity index (χ1) is 12.3. The first kappa shape index (κ1) is 20.4. The Morgan fingerprint density at radius 3 is 2.46 bits per heavy atom. The molecule has 1 atom stereocenters. The van der Waals surface area contributed by atoms with Gasteiger partial charge < -0.3 is 5.32 Å². The molecule has 1 aromatic carbocycles. The average Bonchev–Trinajstić information content (AvgIpc) is 3.12. The SMILES string of the molecule is CC(C)CCC(C)NC(=O)CN(c1nccs1)S(=O)(=O)c1ccccc1. The van der Waals surface area contributed by atoms with Gasteiger partial charge in [-0.15, -0.1) is 11.3 Å². The first-order valence-electron chi connectivity index (χ1n) is 8.57. The van der Waals surface area contributed by atoms with E-state index in [1.807, 2.05) is 6.92 Å². The van der Waals surface area contributed by atoms with Gasteiger partial charge in [-0.1, -0.05) is 32.0 Å². The maximum Gasteiger partial charge on any atom is 0.266 e. The fraction of sp³-hybridized carbons (Fsp3) is 0.444. The van der Waals surface area contributed by atoms with Gasteiger partial charge in [-0.3, -0.25) is 4.79 Å². The molecule has 0 saturated heterocycles. The molecule has 0 radical (unpaired) electrons. The molecule has 0 spiro atoms. The van der Waals surface area contributed by atoms with Crippen LogP contribution in [0.2, 0.25) is 0 Å². The molecule has 1 heterocycles. The molecule has 2 rings (SSSR count). The lowest BCUT2D eigenvalue weighted by atomic mass is 10.0. The molecule has 142 valence electrons. The van der Waals surface area contributed by atoms with Gasteiger partial charge in [0.2, 0.25) is 5.91 Å². The molecule has 1 N–H and O–H groups in total. The van der Waals surface area contributed by atoms with Crippen molar-refractivity contribution in [3.8, 4) is 0 Å². The second kappa shape index (κ2) is 9.14. The Hall–Kier alpha value is -1.93. The van der Waals surface area contributed by atoms with E-state index >= 15 is 0 Å². The summed E-state index contributed by atoms with van der Waals surface area (Å²) in [5.74, 6) is 0.218. The van der Waals surface area contributed by atoms with Crippen LogP contribution in [0.15, 0.2) is 46.8 Å². The van der Waals surface area contributed by atoms with Gasteiger partial charge in [0, 0.05) is 17.6 Å². The van der Waals surface area contributed by atoms with Crippen molar-refractivity contribution < 1.29 is 13.2 Å². The summed E-state index contributed by atoms with van der Waals surface area (Å²) in [4.78, 5) is 16.7. The van der Waals surface area contributed by atoms with Crippen molar-refractivity contribution in [3.05, 3.63) is 41.9 Å². The van der Waals surface area contributed by atoms with Crippen molar-refractivity contribution in [1.82, 2.24) is 10.3 Å². The lowest BCUT2D eigenvalue weighted by Crippen LogP contribution is -2.43. The molecule has 26 heavy (non-hydrogen) atoms. The number of aromatic nitrogens is 1. The number of nitrogens with zero attached hydrogens (tertiary/aromatic N) is 2. The molecule has 1 aromatic heterocycles. The number of hydrogen-bond donors (Lipinski definition) is 1. The third-order valence-corrected chi connectivity index (χ3v) is 6.50. The van der Waals surface area contributed by atoms with Crippen LogP contribution in [0, 0.1) is 5.92 Å². The Bertz CT molecular complexity index is 790. The molecule has 0 aliphatic heterocycles. The second-order valence-electron chi connectivity index (χ2n) is 6.58. The lowest BCUT2D eigenvalue weighted by molar-refractivity contribution is -0.120. The van der Waals surface area contributed by atoms with Gasteiger partial charge in [-0.2, -0.15) is 0 Å². The van der Waals surface area contributed by atoms with Crippen LogP contribution in [-0.4, -0.2) is 31.9 Å². The van der Waals surface area contributed by atoms with Gasteiger partial charge in [0.05, 0.1) is 4.90 Å². The second-order valence-corrected chi connectivity index (χ2v) is 9.31. The normalized spacial score (nSPS) is 12.8. The molecule has 0 bridgehead atoms. The number of thiazole rings is 1. The maximum absolute atomic E-state index is 13.0. The van der Waals surface area contributed by atoms with Crippen molar-refractivity contribution >= 4 is 32.4 Å². The zero-order chi connectivity index (χ0) is 19.2. The van der Waals surface area contributed by atoms with Crippen molar-refractivity contribution in [1.29, 1.82) is 0 Å². The summed E-state index contributed by atoms with van der Waals surface area (Å²) in [7, 11) is -3.86. The first-order valence-corrected chi connectivity index (χ1v) is 10.9. The Balaban J connectivity index is 2.15. The fourth-order valence-electron chi connectivity index (χ4n) is 2.42. The van der Waals surface area contributed by atoms with Gasteiger partial charge in [-0.25, -0.2) is 17.7 Å². The van der Waals surface area contributed by atoms with E-state index in [0.29, 0.717) is 5.92 Å². The summed E-state index contributed by atoms with van der Waals surface area (Å²) in [5, 5.41) is 4.85. The number of carbonyl (C=O) groups is 1. The predicted octanol–water partition coefficient (Wildman–Crippen LogP) is 3.28. The number of carbonyl (C=O) groups excluding carboxylic acids is 1. The number of benzene rings is 1. The molecular weight excluding hydrogens is 370 g/mol. The summed E-state index contributed by atoms with van der Waals surface area (Å²) >= 11 is 1.18. The minimum absolute atomic E-state index is 0.0116. The number of amides is 1. The smallest absolute Gasteiger partial charge is 0.266 e. The molecule has 0 aliphatic carbocycles. The summed E-state index contributed by atoms with van der Waals surface area (Å²) in [6.45, 7) is 5.90. The maximum atomic E-state index is 13.0. The van der Waals surface area contributed by atoms with E-state index in [1.165, 1.54) is 29.7 Å². The van der Waals surface area contributed by atoms with Gasteiger partial charge in [-0.05, 0) is 37.8 Å². The summed E-state index contributed by atoms with van der Waals surface area (Å²) < 4.78 is 27.0. The Labute approximate surface area is 159 Å². The van der Waals surface area contributed by atoms with Crippen LogP contribution in [0.25, 0.3) is 0 Å². The van der Waals surface area contributed by atoms with Crippen LogP contribution in [0.4, 0.5) is 5.13 Å². The number of rotatable bonds is 9. The van der Waals surface area contributed by atoms with Crippen molar-refractivity contribution in [2.24, 2.45) is 5.92 Å². The molecule has 2 aromatic rings. The Morgan fingerprint density at radius 2 is 1.88 bits per heavy atom. The minimum atomic E-state index is -3.86. The van der Waals surface area contributed by atoms with E-state index in [9.17, 15) is 13.2 Å². The monoisotopic (exact) mass is 395 g/mol. The standard InChI is InChI=1S/C18H25N3O3S2/c1-14(2)9-10-15(3)20-17(22)13-21(18-19-11-12-25-18)26(23,24)16-7-5-4-6-8-16/h4-8,11-12,14-15H,9-10,13H2,1-3H3,(H,20,22). The fourth-order valence-corrected chi connectivity index (χ4v) is 4.69. The van der Waals surface area contributed by atoms with Crippen LogP contribution in [0.1, 0.15) is 33.6 Å². The van der Waals surface area contributed by atoms with Crippen LogP contribution in [-0.2, 0) is 14.8 Å². The van der Waals surface area contributed by atoms with Gasteiger partial charge >= 0.3 is 0 Å². The number of anilines is 1. The Kier molecular flexibility index (Phi) is 7.16. The third kappa shape index (κ3) is 5.54. The third-order valence-electron chi connectivity index (χ3n) is 3.84. The Morgan fingerprint density at radius 1 is 1.19 bits per heavy atom. The van der Waals surface area contributed by atoms with E-state index in [1.54, 1.807) is 23.6 Å². The van der Waals surface area contributed by atoms with Crippen LogP contribution >= 0.6 is 11.3 Å².